The van der Waals surface area contributed by atoms with Crippen LogP contribution in [0.2, 0.25) is 0 Å². The molecule has 0 radical (unpaired) electrons. The molecule has 0 spiro atoms. The molecular weight excluding hydrogens is 280 g/mol. The Labute approximate surface area is 119 Å². The van der Waals surface area contributed by atoms with Gasteiger partial charge in [0.2, 0.25) is 10.0 Å². The summed E-state index contributed by atoms with van der Waals surface area (Å²) in [5.41, 5.74) is 6.49. The van der Waals surface area contributed by atoms with Crippen molar-refractivity contribution in [2.24, 2.45) is 0 Å². The average Bonchev–Trinajstić information content (AvgIpc) is 2.35. The largest absolute Gasteiger partial charge is 0.465 e. The molecule has 0 amide bonds. The lowest BCUT2D eigenvalue weighted by Gasteiger charge is -2.21. The maximum atomic E-state index is 12.6. The number of benzene rings is 1. The molecule has 0 unspecified atom stereocenters. The lowest BCUT2D eigenvalue weighted by atomic mass is 10.2. The Hall–Kier alpha value is -1.60. The number of ether oxygens (including phenoxy) is 1. The number of nitrogens with two attached hydrogens (primary N) is 1. The fourth-order valence-corrected chi connectivity index (χ4v) is 3.59. The Kier molecular flexibility index (Phi) is 5.52. The first kappa shape index (κ1) is 16.5. The maximum absolute atomic E-state index is 12.6. The summed E-state index contributed by atoms with van der Waals surface area (Å²) in [4.78, 5) is 11.5. The molecule has 0 atom stereocenters. The average molecular weight is 300 g/mol. The van der Waals surface area contributed by atoms with E-state index in [0.717, 1.165) is 4.31 Å². The van der Waals surface area contributed by atoms with Gasteiger partial charge in [0.25, 0.3) is 0 Å². The zero-order valence-corrected chi connectivity index (χ0v) is 12.7. The molecule has 7 heteroatoms. The quantitative estimate of drug-likeness (QED) is 0.629. The fourth-order valence-electron chi connectivity index (χ4n) is 1.87. The normalized spacial score (nSPS) is 11.6. The van der Waals surface area contributed by atoms with Crippen molar-refractivity contribution in [1.82, 2.24) is 4.31 Å². The third-order valence-corrected chi connectivity index (χ3v) is 4.94. The van der Waals surface area contributed by atoms with Crippen molar-refractivity contribution in [2.75, 3.05) is 25.4 Å². The first-order chi connectivity index (χ1) is 9.34. The van der Waals surface area contributed by atoms with Gasteiger partial charge in [0, 0.05) is 6.54 Å². The van der Waals surface area contributed by atoms with E-state index >= 15 is 0 Å². The number of aryl methyl sites for hydroxylation is 1. The van der Waals surface area contributed by atoms with E-state index in [9.17, 15) is 13.2 Å². The van der Waals surface area contributed by atoms with E-state index in [2.05, 4.69) is 0 Å². The number of nitrogens with zero attached hydrogens (tertiary/aromatic N) is 1. The highest BCUT2D eigenvalue weighted by molar-refractivity contribution is 7.89. The van der Waals surface area contributed by atoms with Crippen LogP contribution in [0.3, 0.4) is 0 Å². The summed E-state index contributed by atoms with van der Waals surface area (Å²) in [5.74, 6) is -0.579. The number of anilines is 1. The van der Waals surface area contributed by atoms with Gasteiger partial charge in [-0.15, -0.1) is 0 Å². The standard InChI is InChI=1S/C13H20N2O4S/c1-4-15(9-12(16)19-5-2)20(17,18)13-10(3)7-6-8-11(13)14/h6-8H,4-5,9,14H2,1-3H3. The van der Waals surface area contributed by atoms with Crippen LogP contribution < -0.4 is 5.73 Å². The van der Waals surface area contributed by atoms with Crippen molar-refractivity contribution in [3.05, 3.63) is 23.8 Å². The van der Waals surface area contributed by atoms with Gasteiger partial charge in [-0.3, -0.25) is 4.79 Å². The minimum Gasteiger partial charge on any atom is -0.465 e. The topological polar surface area (TPSA) is 89.7 Å². The van der Waals surface area contributed by atoms with E-state index in [1.807, 2.05) is 0 Å². The molecule has 20 heavy (non-hydrogen) atoms. The zero-order valence-electron chi connectivity index (χ0n) is 11.9. The Bertz CT molecular complexity index is 564. The molecular formula is C13H20N2O4S. The smallest absolute Gasteiger partial charge is 0.321 e. The van der Waals surface area contributed by atoms with Gasteiger partial charge in [0.05, 0.1) is 12.3 Å². The first-order valence-corrected chi connectivity index (χ1v) is 7.79. The van der Waals surface area contributed by atoms with E-state index in [1.54, 1.807) is 32.9 Å². The number of likely N-dealkylation sites (N-methyl/N-ethyl adjacent to an activating group) is 1. The van der Waals surface area contributed by atoms with Crippen LogP contribution in [0, 0.1) is 6.92 Å². The van der Waals surface area contributed by atoms with Gasteiger partial charge >= 0.3 is 5.97 Å². The highest BCUT2D eigenvalue weighted by Crippen LogP contribution is 2.25. The fraction of sp³-hybridized carbons (Fsp3) is 0.462. The zero-order chi connectivity index (χ0) is 15.3. The van der Waals surface area contributed by atoms with Crippen molar-refractivity contribution < 1.29 is 17.9 Å². The van der Waals surface area contributed by atoms with Crippen LogP contribution in [0.15, 0.2) is 23.1 Å². The second kappa shape index (κ2) is 6.71. The molecule has 0 heterocycles. The maximum Gasteiger partial charge on any atom is 0.321 e. The Morgan fingerprint density at radius 1 is 1.35 bits per heavy atom. The number of carbonyl (C=O) groups excluding carboxylic acids is 1. The summed E-state index contributed by atoms with van der Waals surface area (Å²) < 4.78 is 31.0. The van der Waals surface area contributed by atoms with Crippen LogP contribution in [0.5, 0.6) is 0 Å². The number of hydrogen-bond donors (Lipinski definition) is 1. The molecule has 1 aromatic carbocycles. The highest BCUT2D eigenvalue weighted by atomic mass is 32.2. The third-order valence-electron chi connectivity index (χ3n) is 2.80. The summed E-state index contributed by atoms with van der Waals surface area (Å²) in [7, 11) is -3.82. The summed E-state index contributed by atoms with van der Waals surface area (Å²) in [6.07, 6.45) is 0. The predicted molar refractivity (Wildman–Crippen MR) is 76.7 cm³/mol. The molecule has 0 bridgehead atoms. The van der Waals surface area contributed by atoms with Gasteiger partial charge in [-0.05, 0) is 25.5 Å². The Morgan fingerprint density at radius 3 is 2.50 bits per heavy atom. The van der Waals surface area contributed by atoms with Crippen LogP contribution >= 0.6 is 0 Å². The Morgan fingerprint density at radius 2 is 2.00 bits per heavy atom. The molecule has 112 valence electrons. The molecule has 0 aliphatic rings. The van der Waals surface area contributed by atoms with Crippen LogP contribution in [0.4, 0.5) is 5.69 Å². The number of rotatable bonds is 6. The Balaban J connectivity index is 3.16. The van der Waals surface area contributed by atoms with Gasteiger partial charge in [-0.25, -0.2) is 8.42 Å². The summed E-state index contributed by atoms with van der Waals surface area (Å²) in [5, 5.41) is 0. The molecule has 0 fully saturated rings. The van der Waals surface area contributed by atoms with Crippen molar-refractivity contribution in [3.63, 3.8) is 0 Å². The number of sulfonamides is 1. The second-order valence-corrected chi connectivity index (χ2v) is 6.10. The van der Waals surface area contributed by atoms with E-state index < -0.39 is 16.0 Å². The number of carbonyl (C=O) groups is 1. The lowest BCUT2D eigenvalue weighted by molar-refractivity contribution is -0.143. The van der Waals surface area contributed by atoms with E-state index in [0.29, 0.717) is 5.56 Å². The summed E-state index contributed by atoms with van der Waals surface area (Å²) >= 11 is 0. The molecule has 0 aromatic heterocycles. The molecule has 1 aromatic rings. The van der Waals surface area contributed by atoms with Gasteiger partial charge in [0.15, 0.2) is 0 Å². The SMILES string of the molecule is CCOC(=O)CN(CC)S(=O)(=O)c1c(C)cccc1N. The molecule has 0 aliphatic heterocycles. The number of esters is 1. The van der Waals surface area contributed by atoms with Crippen LogP contribution in [0.1, 0.15) is 19.4 Å². The molecule has 0 aliphatic carbocycles. The predicted octanol–water partition coefficient (Wildman–Crippen LogP) is 1.15. The van der Waals surface area contributed by atoms with Crippen LogP contribution in [-0.2, 0) is 19.6 Å². The van der Waals surface area contributed by atoms with Crippen LogP contribution in [-0.4, -0.2) is 38.4 Å². The van der Waals surface area contributed by atoms with Crippen LogP contribution in [0.25, 0.3) is 0 Å². The third kappa shape index (κ3) is 3.49. The second-order valence-electron chi connectivity index (χ2n) is 4.23. The first-order valence-electron chi connectivity index (χ1n) is 6.35. The molecule has 2 N–H and O–H groups in total. The van der Waals surface area contributed by atoms with E-state index in [4.69, 9.17) is 10.5 Å². The van der Waals surface area contributed by atoms with E-state index in [1.165, 1.54) is 6.07 Å². The number of hydrogen-bond acceptors (Lipinski definition) is 5. The van der Waals surface area contributed by atoms with Gasteiger partial charge in [-0.1, -0.05) is 19.1 Å². The summed E-state index contributed by atoms with van der Waals surface area (Å²) in [6.45, 7) is 5.05. The summed E-state index contributed by atoms with van der Waals surface area (Å²) in [6, 6.07) is 4.88. The van der Waals surface area contributed by atoms with Crippen molar-refractivity contribution in [2.45, 2.75) is 25.7 Å². The highest BCUT2D eigenvalue weighted by Gasteiger charge is 2.28. The van der Waals surface area contributed by atoms with Gasteiger partial charge < -0.3 is 10.5 Å². The molecule has 6 nitrogen and oxygen atoms in total. The van der Waals surface area contributed by atoms with Crippen molar-refractivity contribution >= 4 is 21.7 Å². The minimum atomic E-state index is -3.82. The molecule has 0 saturated heterocycles. The molecule has 1 rings (SSSR count). The van der Waals surface area contributed by atoms with Crippen molar-refractivity contribution in [1.29, 1.82) is 0 Å². The minimum absolute atomic E-state index is 0.0474. The van der Waals surface area contributed by atoms with Gasteiger partial charge in [-0.2, -0.15) is 4.31 Å². The number of nitrogen functional groups attached to an aromatic ring is 1. The van der Waals surface area contributed by atoms with E-state index in [-0.39, 0.29) is 30.3 Å². The monoisotopic (exact) mass is 300 g/mol. The lowest BCUT2D eigenvalue weighted by Crippen LogP contribution is -2.37. The molecule has 0 saturated carbocycles. The van der Waals surface area contributed by atoms with Gasteiger partial charge in [0.1, 0.15) is 11.4 Å². The van der Waals surface area contributed by atoms with Crippen molar-refractivity contribution in [3.8, 4) is 0 Å².